The van der Waals surface area contributed by atoms with Crippen LogP contribution in [0.15, 0.2) is 17.5 Å². The molecular formula is C11H18O2S. The van der Waals surface area contributed by atoms with Crippen molar-refractivity contribution in [2.24, 2.45) is 0 Å². The predicted molar refractivity (Wildman–Crippen MR) is 59.6 cm³/mol. The molecule has 14 heavy (non-hydrogen) atoms. The van der Waals surface area contributed by atoms with Crippen molar-refractivity contribution in [3.05, 3.63) is 22.4 Å². The van der Waals surface area contributed by atoms with E-state index in [0.717, 1.165) is 17.7 Å². The Morgan fingerprint density at radius 2 is 2.14 bits per heavy atom. The molecule has 0 amide bonds. The SMILES string of the molecule is CCC(CC)(OC)C(O)c1cccs1. The number of aliphatic hydroxyl groups excluding tert-OH is 1. The lowest BCUT2D eigenvalue weighted by molar-refractivity contribution is -0.108. The largest absolute Gasteiger partial charge is 0.385 e. The van der Waals surface area contributed by atoms with Crippen LogP contribution in [0.5, 0.6) is 0 Å². The second kappa shape index (κ2) is 4.91. The molecule has 1 aromatic heterocycles. The molecule has 0 aromatic carbocycles. The Bertz CT molecular complexity index is 244. The quantitative estimate of drug-likeness (QED) is 0.816. The van der Waals surface area contributed by atoms with Gasteiger partial charge in [0, 0.05) is 12.0 Å². The summed E-state index contributed by atoms with van der Waals surface area (Å²) in [5.41, 5.74) is -0.426. The number of ether oxygens (including phenoxy) is 1. The normalized spacial score (nSPS) is 14.3. The number of methoxy groups -OCH3 is 1. The molecule has 3 heteroatoms. The molecule has 1 atom stereocenters. The third-order valence-electron chi connectivity index (χ3n) is 2.91. The lowest BCUT2D eigenvalue weighted by Crippen LogP contribution is -2.36. The Balaban J connectivity index is 2.89. The summed E-state index contributed by atoms with van der Waals surface area (Å²) < 4.78 is 5.48. The molecule has 1 N–H and O–H groups in total. The first kappa shape index (κ1) is 11.7. The van der Waals surface area contributed by atoms with E-state index in [2.05, 4.69) is 0 Å². The van der Waals surface area contributed by atoms with E-state index in [-0.39, 0.29) is 0 Å². The van der Waals surface area contributed by atoms with E-state index >= 15 is 0 Å². The Morgan fingerprint density at radius 3 is 2.50 bits per heavy atom. The highest BCUT2D eigenvalue weighted by Gasteiger charge is 2.36. The highest BCUT2D eigenvalue weighted by molar-refractivity contribution is 7.10. The Labute approximate surface area is 89.5 Å². The fourth-order valence-corrected chi connectivity index (χ4v) is 2.56. The number of hydrogen-bond donors (Lipinski definition) is 1. The second-order valence-electron chi connectivity index (χ2n) is 3.39. The van der Waals surface area contributed by atoms with E-state index in [0.29, 0.717) is 0 Å². The van der Waals surface area contributed by atoms with Crippen LogP contribution in [-0.4, -0.2) is 17.8 Å². The molecule has 0 saturated carbocycles. The van der Waals surface area contributed by atoms with Crippen LogP contribution in [0.3, 0.4) is 0 Å². The van der Waals surface area contributed by atoms with Gasteiger partial charge in [0.1, 0.15) is 6.10 Å². The molecule has 1 rings (SSSR count). The van der Waals surface area contributed by atoms with Crippen molar-refractivity contribution in [3.63, 3.8) is 0 Å². The minimum atomic E-state index is -0.512. The molecule has 1 unspecified atom stereocenters. The van der Waals surface area contributed by atoms with Gasteiger partial charge in [-0.15, -0.1) is 11.3 Å². The number of rotatable bonds is 5. The molecule has 0 aliphatic heterocycles. The van der Waals surface area contributed by atoms with Gasteiger partial charge in [-0.25, -0.2) is 0 Å². The highest BCUT2D eigenvalue weighted by Crippen LogP contribution is 2.36. The maximum Gasteiger partial charge on any atom is 0.117 e. The van der Waals surface area contributed by atoms with Gasteiger partial charge in [0.2, 0.25) is 0 Å². The standard InChI is InChI=1S/C11H18O2S/c1-4-11(5-2,13-3)10(12)9-7-6-8-14-9/h6-8,10,12H,4-5H2,1-3H3. The fraction of sp³-hybridized carbons (Fsp3) is 0.636. The van der Waals surface area contributed by atoms with Crippen LogP contribution in [0.25, 0.3) is 0 Å². The zero-order valence-electron chi connectivity index (χ0n) is 8.99. The minimum Gasteiger partial charge on any atom is -0.385 e. The smallest absolute Gasteiger partial charge is 0.117 e. The third kappa shape index (κ3) is 2.00. The molecule has 0 aliphatic rings. The zero-order valence-corrected chi connectivity index (χ0v) is 9.80. The molecule has 1 aromatic rings. The van der Waals surface area contributed by atoms with Crippen molar-refractivity contribution in [3.8, 4) is 0 Å². The van der Waals surface area contributed by atoms with Crippen LogP contribution in [0, 0.1) is 0 Å². The summed E-state index contributed by atoms with van der Waals surface area (Å²) >= 11 is 1.57. The molecule has 0 radical (unpaired) electrons. The van der Waals surface area contributed by atoms with Gasteiger partial charge in [0.15, 0.2) is 0 Å². The molecule has 1 heterocycles. The molecule has 80 valence electrons. The lowest BCUT2D eigenvalue weighted by atomic mass is 9.89. The van der Waals surface area contributed by atoms with E-state index in [4.69, 9.17) is 4.74 Å². The Kier molecular flexibility index (Phi) is 4.11. The van der Waals surface area contributed by atoms with Gasteiger partial charge in [-0.05, 0) is 24.3 Å². The first-order valence-corrected chi connectivity index (χ1v) is 5.84. The van der Waals surface area contributed by atoms with Crippen molar-refractivity contribution in [1.82, 2.24) is 0 Å². The number of thiophene rings is 1. The maximum absolute atomic E-state index is 10.2. The van der Waals surface area contributed by atoms with E-state index < -0.39 is 11.7 Å². The molecule has 0 fully saturated rings. The number of aliphatic hydroxyl groups is 1. The van der Waals surface area contributed by atoms with E-state index in [9.17, 15) is 5.11 Å². The summed E-state index contributed by atoms with van der Waals surface area (Å²) in [6.45, 7) is 4.09. The van der Waals surface area contributed by atoms with Crippen LogP contribution in [0.2, 0.25) is 0 Å². The van der Waals surface area contributed by atoms with Gasteiger partial charge in [-0.3, -0.25) is 0 Å². The van der Waals surface area contributed by atoms with Gasteiger partial charge >= 0.3 is 0 Å². The van der Waals surface area contributed by atoms with Gasteiger partial charge < -0.3 is 9.84 Å². The van der Waals surface area contributed by atoms with Crippen molar-refractivity contribution >= 4 is 11.3 Å². The van der Waals surface area contributed by atoms with Gasteiger partial charge in [0.25, 0.3) is 0 Å². The topological polar surface area (TPSA) is 29.5 Å². The van der Waals surface area contributed by atoms with Crippen LogP contribution < -0.4 is 0 Å². The first-order chi connectivity index (χ1) is 6.70. The summed E-state index contributed by atoms with van der Waals surface area (Å²) in [7, 11) is 1.67. The average Bonchev–Trinajstić information content (AvgIpc) is 2.74. The Morgan fingerprint density at radius 1 is 1.50 bits per heavy atom. The molecule has 0 spiro atoms. The van der Waals surface area contributed by atoms with Gasteiger partial charge in [-0.1, -0.05) is 19.9 Å². The monoisotopic (exact) mass is 214 g/mol. The average molecular weight is 214 g/mol. The molecular weight excluding hydrogens is 196 g/mol. The van der Waals surface area contributed by atoms with Gasteiger partial charge in [0.05, 0.1) is 5.60 Å². The summed E-state index contributed by atoms with van der Waals surface area (Å²) in [4.78, 5) is 0.982. The first-order valence-electron chi connectivity index (χ1n) is 4.96. The maximum atomic E-state index is 10.2. The van der Waals surface area contributed by atoms with Gasteiger partial charge in [-0.2, -0.15) is 0 Å². The van der Waals surface area contributed by atoms with E-state index in [1.807, 2.05) is 31.4 Å². The lowest BCUT2D eigenvalue weighted by Gasteiger charge is -2.34. The van der Waals surface area contributed by atoms with Crippen molar-refractivity contribution in [1.29, 1.82) is 0 Å². The predicted octanol–water partition coefficient (Wildman–Crippen LogP) is 2.99. The summed E-state index contributed by atoms with van der Waals surface area (Å²) in [5.74, 6) is 0. The number of hydrogen-bond acceptors (Lipinski definition) is 3. The Hall–Kier alpha value is -0.380. The molecule has 0 bridgehead atoms. The zero-order chi connectivity index (χ0) is 10.6. The summed E-state index contributed by atoms with van der Waals surface area (Å²) in [5, 5.41) is 12.2. The van der Waals surface area contributed by atoms with E-state index in [1.54, 1.807) is 18.4 Å². The molecule has 2 nitrogen and oxygen atoms in total. The fourth-order valence-electron chi connectivity index (χ4n) is 1.74. The van der Waals surface area contributed by atoms with Crippen molar-refractivity contribution < 1.29 is 9.84 Å². The summed E-state index contributed by atoms with van der Waals surface area (Å²) in [6.07, 6.45) is 1.13. The minimum absolute atomic E-state index is 0.426. The summed E-state index contributed by atoms with van der Waals surface area (Å²) in [6, 6.07) is 3.91. The molecule has 0 aliphatic carbocycles. The van der Waals surface area contributed by atoms with Crippen LogP contribution in [0.4, 0.5) is 0 Å². The molecule has 0 saturated heterocycles. The van der Waals surface area contributed by atoms with Crippen LogP contribution in [-0.2, 0) is 4.74 Å². The van der Waals surface area contributed by atoms with Crippen molar-refractivity contribution in [2.75, 3.05) is 7.11 Å². The second-order valence-corrected chi connectivity index (χ2v) is 4.37. The highest BCUT2D eigenvalue weighted by atomic mass is 32.1. The van der Waals surface area contributed by atoms with E-state index in [1.165, 1.54) is 0 Å². The van der Waals surface area contributed by atoms with Crippen LogP contribution in [0.1, 0.15) is 37.7 Å². The third-order valence-corrected chi connectivity index (χ3v) is 3.84. The van der Waals surface area contributed by atoms with Crippen LogP contribution >= 0.6 is 11.3 Å². The van der Waals surface area contributed by atoms with Crippen molar-refractivity contribution in [2.45, 2.75) is 38.4 Å².